The number of hydrogen-bond acceptors (Lipinski definition) is 7. The van der Waals surface area contributed by atoms with Gasteiger partial charge in [-0.25, -0.2) is 4.68 Å². The minimum Gasteiger partial charge on any atom is -0.496 e. The number of aromatic nitrogens is 3. The molecule has 0 aliphatic heterocycles. The molecule has 0 aliphatic carbocycles. The lowest BCUT2D eigenvalue weighted by molar-refractivity contribution is -0.118. The number of nitrogen functional groups attached to an aromatic ring is 1. The van der Waals surface area contributed by atoms with E-state index >= 15 is 0 Å². The SMILES string of the molecule is COc1ccccc1CCNC(=O)CSc1nnc(SC)n1N. The van der Waals surface area contributed by atoms with E-state index in [-0.39, 0.29) is 11.7 Å². The van der Waals surface area contributed by atoms with E-state index in [1.165, 1.54) is 28.2 Å². The van der Waals surface area contributed by atoms with Gasteiger partial charge in [0.15, 0.2) is 0 Å². The lowest BCUT2D eigenvalue weighted by atomic mass is 10.1. The number of carbonyl (C=O) groups excluding carboxylic acids is 1. The van der Waals surface area contributed by atoms with Crippen LogP contribution in [0.2, 0.25) is 0 Å². The Hall–Kier alpha value is -1.87. The number of rotatable bonds is 8. The van der Waals surface area contributed by atoms with Gasteiger partial charge >= 0.3 is 0 Å². The predicted octanol–water partition coefficient (Wildman–Crippen LogP) is 1.17. The van der Waals surface area contributed by atoms with E-state index in [1.54, 1.807) is 7.11 Å². The molecule has 0 radical (unpaired) electrons. The fourth-order valence-corrected chi connectivity index (χ4v) is 3.08. The van der Waals surface area contributed by atoms with Crippen LogP contribution in [0.3, 0.4) is 0 Å². The smallest absolute Gasteiger partial charge is 0.230 e. The van der Waals surface area contributed by atoms with Crippen molar-refractivity contribution >= 4 is 29.4 Å². The third-order valence-electron chi connectivity index (χ3n) is 3.06. The summed E-state index contributed by atoms with van der Waals surface area (Å²) < 4.78 is 6.67. The number of nitrogens with zero attached hydrogens (tertiary/aromatic N) is 3. The summed E-state index contributed by atoms with van der Waals surface area (Å²) in [6, 6.07) is 7.77. The van der Waals surface area contributed by atoms with Gasteiger partial charge in [-0.1, -0.05) is 41.7 Å². The molecular formula is C14H19N5O2S2. The van der Waals surface area contributed by atoms with E-state index in [2.05, 4.69) is 15.5 Å². The van der Waals surface area contributed by atoms with E-state index in [0.717, 1.165) is 11.3 Å². The molecule has 0 fully saturated rings. The molecular weight excluding hydrogens is 334 g/mol. The number of amides is 1. The first-order valence-electron chi connectivity index (χ1n) is 6.91. The Kier molecular flexibility index (Phi) is 6.60. The van der Waals surface area contributed by atoms with Gasteiger partial charge in [0.05, 0.1) is 12.9 Å². The summed E-state index contributed by atoms with van der Waals surface area (Å²) in [7, 11) is 1.64. The number of hydrogen-bond donors (Lipinski definition) is 2. The maximum absolute atomic E-state index is 11.9. The van der Waals surface area contributed by atoms with Crippen LogP contribution in [0.15, 0.2) is 34.6 Å². The van der Waals surface area contributed by atoms with Crippen LogP contribution < -0.4 is 15.9 Å². The molecule has 1 aromatic carbocycles. The Morgan fingerprint density at radius 2 is 2.09 bits per heavy atom. The quantitative estimate of drug-likeness (QED) is 0.543. The Bertz CT molecular complexity index is 662. The summed E-state index contributed by atoms with van der Waals surface area (Å²) in [5.41, 5.74) is 1.06. The molecule has 0 saturated carbocycles. The predicted molar refractivity (Wildman–Crippen MR) is 92.4 cm³/mol. The van der Waals surface area contributed by atoms with Crippen LogP contribution in [-0.2, 0) is 11.2 Å². The Labute approximate surface area is 143 Å². The highest BCUT2D eigenvalue weighted by molar-refractivity contribution is 8.00. The van der Waals surface area contributed by atoms with Gasteiger partial charge in [-0.15, -0.1) is 10.2 Å². The van der Waals surface area contributed by atoms with Crippen molar-refractivity contribution in [3.05, 3.63) is 29.8 Å². The molecule has 0 aliphatic rings. The highest BCUT2D eigenvalue weighted by Crippen LogP contribution is 2.19. The molecule has 3 N–H and O–H groups in total. The van der Waals surface area contributed by atoms with Crippen LogP contribution in [0.4, 0.5) is 0 Å². The van der Waals surface area contributed by atoms with E-state index in [4.69, 9.17) is 10.6 Å². The van der Waals surface area contributed by atoms with Crippen molar-refractivity contribution in [3.63, 3.8) is 0 Å². The minimum absolute atomic E-state index is 0.0707. The number of methoxy groups -OCH3 is 1. The highest BCUT2D eigenvalue weighted by atomic mass is 32.2. The van der Waals surface area contributed by atoms with Crippen LogP contribution in [0.5, 0.6) is 5.75 Å². The molecule has 1 amide bonds. The van der Waals surface area contributed by atoms with Crippen LogP contribution in [-0.4, -0.2) is 46.4 Å². The molecule has 2 aromatic rings. The van der Waals surface area contributed by atoms with Gasteiger partial charge in [0.25, 0.3) is 0 Å². The van der Waals surface area contributed by atoms with Crippen molar-refractivity contribution in [2.24, 2.45) is 0 Å². The largest absolute Gasteiger partial charge is 0.496 e. The Morgan fingerprint density at radius 3 is 2.78 bits per heavy atom. The second kappa shape index (κ2) is 8.68. The Balaban J connectivity index is 1.76. The molecule has 1 aromatic heterocycles. The van der Waals surface area contributed by atoms with Crippen LogP contribution in [0.25, 0.3) is 0 Å². The second-order valence-corrected chi connectivity index (χ2v) is 6.26. The summed E-state index contributed by atoms with van der Waals surface area (Å²) in [4.78, 5) is 11.9. The summed E-state index contributed by atoms with van der Waals surface area (Å²) in [6.07, 6.45) is 2.58. The van der Waals surface area contributed by atoms with E-state index in [9.17, 15) is 4.79 Å². The lowest BCUT2D eigenvalue weighted by Gasteiger charge is -2.09. The molecule has 7 nitrogen and oxygen atoms in total. The molecule has 0 saturated heterocycles. The maximum atomic E-state index is 11.9. The summed E-state index contributed by atoms with van der Waals surface area (Å²) >= 11 is 2.66. The first kappa shape index (κ1) is 17.5. The van der Waals surface area contributed by atoms with Crippen molar-refractivity contribution in [3.8, 4) is 5.75 Å². The van der Waals surface area contributed by atoms with Gasteiger partial charge in [0.2, 0.25) is 16.2 Å². The summed E-state index contributed by atoms with van der Waals surface area (Å²) in [5, 5.41) is 11.9. The number of nitrogens with two attached hydrogens (primary N) is 1. The van der Waals surface area contributed by atoms with E-state index in [0.29, 0.717) is 23.3 Å². The maximum Gasteiger partial charge on any atom is 0.230 e. The number of nitrogens with one attached hydrogen (secondary N) is 1. The molecule has 23 heavy (non-hydrogen) atoms. The topological polar surface area (TPSA) is 95.1 Å². The van der Waals surface area contributed by atoms with Gasteiger partial charge in [-0.2, -0.15) is 0 Å². The Morgan fingerprint density at radius 1 is 1.35 bits per heavy atom. The number of para-hydroxylation sites is 1. The summed E-state index contributed by atoms with van der Waals surface area (Å²) in [6.45, 7) is 0.547. The average molecular weight is 353 g/mol. The minimum atomic E-state index is -0.0707. The first-order valence-corrected chi connectivity index (χ1v) is 9.12. The van der Waals surface area contributed by atoms with E-state index in [1.807, 2.05) is 30.5 Å². The van der Waals surface area contributed by atoms with Crippen molar-refractivity contribution in [1.29, 1.82) is 0 Å². The third kappa shape index (κ3) is 4.80. The molecule has 0 unspecified atom stereocenters. The van der Waals surface area contributed by atoms with Crippen LogP contribution >= 0.6 is 23.5 Å². The van der Waals surface area contributed by atoms with Gasteiger partial charge in [0, 0.05) is 6.54 Å². The number of benzene rings is 1. The molecule has 9 heteroatoms. The molecule has 0 spiro atoms. The highest BCUT2D eigenvalue weighted by Gasteiger charge is 2.11. The first-order chi connectivity index (χ1) is 11.2. The fraction of sp³-hybridized carbons (Fsp3) is 0.357. The molecule has 2 rings (SSSR count). The zero-order valence-electron chi connectivity index (χ0n) is 13.0. The molecule has 0 atom stereocenters. The summed E-state index contributed by atoms with van der Waals surface area (Å²) in [5.74, 6) is 6.82. The van der Waals surface area contributed by atoms with Crippen molar-refractivity contribution < 1.29 is 9.53 Å². The molecule has 0 bridgehead atoms. The normalized spacial score (nSPS) is 10.5. The van der Waals surface area contributed by atoms with Crippen LogP contribution in [0.1, 0.15) is 5.56 Å². The monoisotopic (exact) mass is 353 g/mol. The van der Waals surface area contributed by atoms with Gasteiger partial charge in [-0.3, -0.25) is 4.79 Å². The molecule has 124 valence electrons. The number of ether oxygens (including phenoxy) is 1. The van der Waals surface area contributed by atoms with Gasteiger partial charge in [0.1, 0.15) is 5.75 Å². The number of thioether (sulfide) groups is 2. The van der Waals surface area contributed by atoms with Crippen molar-refractivity contribution in [1.82, 2.24) is 20.2 Å². The number of carbonyl (C=O) groups is 1. The van der Waals surface area contributed by atoms with Gasteiger partial charge in [-0.05, 0) is 24.3 Å². The van der Waals surface area contributed by atoms with Crippen molar-refractivity contribution in [2.75, 3.05) is 31.5 Å². The average Bonchev–Trinajstić information content (AvgIpc) is 2.93. The second-order valence-electron chi connectivity index (χ2n) is 4.54. The third-order valence-corrected chi connectivity index (χ3v) is 4.64. The van der Waals surface area contributed by atoms with Crippen LogP contribution in [0, 0.1) is 0 Å². The van der Waals surface area contributed by atoms with Gasteiger partial charge < -0.3 is 15.9 Å². The fourth-order valence-electron chi connectivity index (χ4n) is 1.93. The molecule has 1 heterocycles. The lowest BCUT2D eigenvalue weighted by Crippen LogP contribution is -2.27. The van der Waals surface area contributed by atoms with Crippen molar-refractivity contribution in [2.45, 2.75) is 16.7 Å². The van der Waals surface area contributed by atoms with E-state index < -0.39 is 0 Å². The zero-order chi connectivity index (χ0) is 16.7. The zero-order valence-corrected chi connectivity index (χ0v) is 14.6. The standard InChI is InChI=1S/C14H19N5O2S2/c1-21-11-6-4-3-5-10(11)7-8-16-12(20)9-23-14-18-17-13(22-2)19(14)15/h3-6H,7-9,15H2,1-2H3,(H,16,20).